The zero-order valence-corrected chi connectivity index (χ0v) is 10.1. The minimum Gasteiger partial charge on any atom is -0.494 e. The van der Waals surface area contributed by atoms with E-state index < -0.39 is 5.82 Å². The lowest BCUT2D eigenvalue weighted by atomic mass is 10.2. The van der Waals surface area contributed by atoms with Gasteiger partial charge in [-0.05, 0) is 18.2 Å². The molecule has 5 nitrogen and oxygen atoms in total. The van der Waals surface area contributed by atoms with Gasteiger partial charge in [0.25, 0.3) is 0 Å². The van der Waals surface area contributed by atoms with Crippen LogP contribution in [0.4, 0.5) is 21.6 Å². The van der Waals surface area contributed by atoms with Crippen LogP contribution in [-0.4, -0.2) is 12.1 Å². The Labute approximate surface area is 109 Å². The average molecular weight is 258 g/mol. The number of nitrogens with two attached hydrogens (primary N) is 1. The van der Waals surface area contributed by atoms with E-state index in [1.54, 1.807) is 0 Å². The number of nitrogen functional groups attached to an aromatic ring is 1. The first-order chi connectivity index (χ1) is 9.15. The quantitative estimate of drug-likeness (QED) is 0.883. The topological polar surface area (TPSA) is 84.0 Å². The molecule has 1 aromatic carbocycles. The molecule has 0 fully saturated rings. The molecule has 1 aromatic heterocycles. The molecule has 0 aliphatic carbocycles. The maximum atomic E-state index is 13.3. The molecule has 0 saturated carbocycles. The highest BCUT2D eigenvalue weighted by Gasteiger charge is 2.08. The molecule has 2 aromatic rings. The molecule has 0 atom stereocenters. The maximum absolute atomic E-state index is 13.3. The molecule has 0 aliphatic rings. The summed E-state index contributed by atoms with van der Waals surface area (Å²) in [5, 5.41) is 11.8. The second-order valence-electron chi connectivity index (χ2n) is 3.71. The van der Waals surface area contributed by atoms with E-state index in [1.807, 2.05) is 6.07 Å². The summed E-state index contributed by atoms with van der Waals surface area (Å²) in [5.74, 6) is -0.00697. The molecule has 0 aliphatic heterocycles. The molecule has 1 heterocycles. The second-order valence-corrected chi connectivity index (χ2v) is 3.71. The Hall–Kier alpha value is -2.81. The third kappa shape index (κ3) is 2.55. The number of nitrogens with zero attached hydrogens (tertiary/aromatic N) is 2. The van der Waals surface area contributed by atoms with Gasteiger partial charge in [-0.2, -0.15) is 5.26 Å². The number of hydrogen-bond donors (Lipinski definition) is 2. The van der Waals surface area contributed by atoms with Crippen LogP contribution in [0.2, 0.25) is 0 Å². The van der Waals surface area contributed by atoms with Crippen LogP contribution in [0.15, 0.2) is 30.5 Å². The largest absolute Gasteiger partial charge is 0.494 e. The molecule has 0 bridgehead atoms. The van der Waals surface area contributed by atoms with Gasteiger partial charge in [-0.1, -0.05) is 0 Å². The van der Waals surface area contributed by atoms with E-state index >= 15 is 0 Å². The fourth-order valence-corrected chi connectivity index (χ4v) is 1.54. The molecule has 0 spiro atoms. The molecule has 0 radical (unpaired) electrons. The second kappa shape index (κ2) is 5.23. The smallest absolute Gasteiger partial charge is 0.165 e. The first-order valence-corrected chi connectivity index (χ1v) is 5.41. The summed E-state index contributed by atoms with van der Waals surface area (Å²) >= 11 is 0. The van der Waals surface area contributed by atoms with Gasteiger partial charge in [0, 0.05) is 18.0 Å². The average Bonchev–Trinajstić information content (AvgIpc) is 2.43. The lowest BCUT2D eigenvalue weighted by molar-refractivity contribution is 0.387. The maximum Gasteiger partial charge on any atom is 0.165 e. The molecule has 6 heteroatoms. The number of pyridine rings is 1. The lowest BCUT2D eigenvalue weighted by Gasteiger charge is -2.10. The van der Waals surface area contributed by atoms with E-state index in [4.69, 9.17) is 15.7 Å². The Morgan fingerprint density at radius 1 is 1.42 bits per heavy atom. The SMILES string of the molecule is COc1cc(Nc2nccc(C#N)c2N)ccc1F. The number of rotatable bonds is 3. The van der Waals surface area contributed by atoms with Crippen molar-refractivity contribution in [3.63, 3.8) is 0 Å². The number of nitriles is 1. The van der Waals surface area contributed by atoms with Crippen molar-refractivity contribution in [2.24, 2.45) is 0 Å². The zero-order valence-electron chi connectivity index (χ0n) is 10.1. The van der Waals surface area contributed by atoms with Gasteiger partial charge >= 0.3 is 0 Å². The van der Waals surface area contributed by atoms with Gasteiger partial charge < -0.3 is 15.8 Å². The highest BCUT2D eigenvalue weighted by Crippen LogP contribution is 2.27. The number of methoxy groups -OCH3 is 1. The van der Waals surface area contributed by atoms with Crippen molar-refractivity contribution >= 4 is 17.2 Å². The number of aromatic nitrogens is 1. The molecule has 3 N–H and O–H groups in total. The van der Waals surface area contributed by atoms with Crippen LogP contribution in [0, 0.1) is 17.1 Å². The summed E-state index contributed by atoms with van der Waals surface area (Å²) in [5.41, 5.74) is 6.92. The van der Waals surface area contributed by atoms with E-state index in [0.29, 0.717) is 17.1 Å². The third-order valence-corrected chi connectivity index (χ3v) is 2.52. The molecule has 0 unspecified atom stereocenters. The summed E-state index contributed by atoms with van der Waals surface area (Å²) < 4.78 is 18.2. The molecular weight excluding hydrogens is 247 g/mol. The standard InChI is InChI=1S/C13H11FN4O/c1-19-11-6-9(2-3-10(11)14)18-13-12(16)8(7-15)4-5-17-13/h2-6H,16H2,1H3,(H,17,18). The van der Waals surface area contributed by atoms with Gasteiger partial charge in [0.1, 0.15) is 6.07 Å². The highest BCUT2D eigenvalue weighted by molar-refractivity contribution is 5.73. The van der Waals surface area contributed by atoms with Crippen molar-refractivity contribution in [2.75, 3.05) is 18.2 Å². The van der Waals surface area contributed by atoms with Gasteiger partial charge in [0.05, 0.1) is 18.4 Å². The number of hydrogen-bond acceptors (Lipinski definition) is 5. The van der Waals surface area contributed by atoms with E-state index in [1.165, 1.54) is 37.6 Å². The van der Waals surface area contributed by atoms with Crippen LogP contribution in [0.25, 0.3) is 0 Å². The van der Waals surface area contributed by atoms with Gasteiger partial charge in [-0.3, -0.25) is 0 Å². The normalized spacial score (nSPS) is 9.74. The lowest BCUT2D eigenvalue weighted by Crippen LogP contribution is -2.01. The van der Waals surface area contributed by atoms with Gasteiger partial charge in [0.15, 0.2) is 17.4 Å². The van der Waals surface area contributed by atoms with Crippen LogP contribution in [0.3, 0.4) is 0 Å². The summed E-state index contributed by atoms with van der Waals surface area (Å²) in [7, 11) is 1.38. The highest BCUT2D eigenvalue weighted by atomic mass is 19.1. The fraction of sp³-hybridized carbons (Fsp3) is 0.0769. The number of nitrogens with one attached hydrogen (secondary N) is 1. The van der Waals surface area contributed by atoms with Crippen molar-refractivity contribution < 1.29 is 9.13 Å². The molecule has 2 rings (SSSR count). The third-order valence-electron chi connectivity index (χ3n) is 2.52. The summed E-state index contributed by atoms with van der Waals surface area (Å²) in [4.78, 5) is 4.04. The fourth-order valence-electron chi connectivity index (χ4n) is 1.54. The van der Waals surface area contributed by atoms with Crippen LogP contribution in [0.5, 0.6) is 5.75 Å². The molecular formula is C13H11FN4O. The number of anilines is 3. The predicted octanol–water partition coefficient (Wildman–Crippen LogP) is 2.43. The molecule has 0 amide bonds. The van der Waals surface area contributed by atoms with Crippen LogP contribution in [0.1, 0.15) is 5.56 Å². The molecule has 96 valence electrons. The Balaban J connectivity index is 2.34. The minimum atomic E-state index is -0.459. The number of halogens is 1. The van der Waals surface area contributed by atoms with E-state index in [0.717, 1.165) is 0 Å². The summed E-state index contributed by atoms with van der Waals surface area (Å²) in [6.45, 7) is 0. The predicted molar refractivity (Wildman–Crippen MR) is 69.6 cm³/mol. The van der Waals surface area contributed by atoms with E-state index in [-0.39, 0.29) is 11.4 Å². The van der Waals surface area contributed by atoms with Gasteiger partial charge in [0.2, 0.25) is 0 Å². The van der Waals surface area contributed by atoms with Crippen molar-refractivity contribution in [1.82, 2.24) is 4.98 Å². The molecule has 19 heavy (non-hydrogen) atoms. The first-order valence-electron chi connectivity index (χ1n) is 5.41. The van der Waals surface area contributed by atoms with Gasteiger partial charge in [-0.15, -0.1) is 0 Å². The Kier molecular flexibility index (Phi) is 3.48. The monoisotopic (exact) mass is 258 g/mol. The Morgan fingerprint density at radius 3 is 2.89 bits per heavy atom. The van der Waals surface area contributed by atoms with Crippen molar-refractivity contribution in [2.45, 2.75) is 0 Å². The summed E-state index contributed by atoms with van der Waals surface area (Å²) in [6, 6.07) is 7.76. The van der Waals surface area contributed by atoms with Crippen LogP contribution in [-0.2, 0) is 0 Å². The van der Waals surface area contributed by atoms with Crippen molar-refractivity contribution in [1.29, 1.82) is 5.26 Å². The Morgan fingerprint density at radius 2 is 2.21 bits per heavy atom. The van der Waals surface area contributed by atoms with Gasteiger partial charge in [-0.25, -0.2) is 9.37 Å². The van der Waals surface area contributed by atoms with Crippen molar-refractivity contribution in [3.05, 3.63) is 41.8 Å². The van der Waals surface area contributed by atoms with Crippen molar-refractivity contribution in [3.8, 4) is 11.8 Å². The molecule has 0 saturated heterocycles. The first kappa shape index (κ1) is 12.6. The van der Waals surface area contributed by atoms with Crippen LogP contribution < -0.4 is 15.8 Å². The number of benzene rings is 1. The minimum absolute atomic E-state index is 0.111. The Bertz CT molecular complexity index is 652. The van der Waals surface area contributed by atoms with E-state index in [2.05, 4.69) is 10.3 Å². The summed E-state index contributed by atoms with van der Waals surface area (Å²) in [6.07, 6.45) is 1.47. The van der Waals surface area contributed by atoms with Crippen LogP contribution >= 0.6 is 0 Å². The zero-order chi connectivity index (χ0) is 13.8. The number of ether oxygens (including phenoxy) is 1. The van der Waals surface area contributed by atoms with E-state index in [9.17, 15) is 4.39 Å².